The van der Waals surface area contributed by atoms with Crippen molar-refractivity contribution in [2.75, 3.05) is 30.4 Å². The Morgan fingerprint density at radius 3 is 3.07 bits per heavy atom. The molecule has 2 rings (SSSR count). The molecule has 1 aromatic rings. The average Bonchev–Trinajstić information content (AvgIpc) is 2.57. The lowest BCUT2D eigenvalue weighted by atomic mass is 10.2. The van der Waals surface area contributed by atoms with Gasteiger partial charge in [-0.15, -0.1) is 0 Å². The Labute approximate surface area is 89.6 Å². The number of anilines is 2. The fourth-order valence-electron chi connectivity index (χ4n) is 1.99. The van der Waals surface area contributed by atoms with Crippen molar-refractivity contribution in [3.05, 3.63) is 5.82 Å². The topological polar surface area (TPSA) is 67.2 Å². The van der Waals surface area contributed by atoms with Crippen molar-refractivity contribution in [3.63, 3.8) is 0 Å². The number of hydrogen-bond donors (Lipinski definition) is 2. The molecule has 0 saturated carbocycles. The molecule has 0 amide bonds. The van der Waals surface area contributed by atoms with E-state index in [4.69, 9.17) is 10.5 Å². The SMILES string of the molecule is CCC1COCCN1c1nc(C)[nH]c1N. The zero-order chi connectivity index (χ0) is 10.8. The third kappa shape index (κ3) is 1.92. The van der Waals surface area contributed by atoms with Crippen LogP contribution in [-0.2, 0) is 4.74 Å². The smallest absolute Gasteiger partial charge is 0.171 e. The van der Waals surface area contributed by atoms with Gasteiger partial charge in [-0.25, -0.2) is 4.98 Å². The summed E-state index contributed by atoms with van der Waals surface area (Å²) in [5.41, 5.74) is 5.89. The first-order chi connectivity index (χ1) is 7.22. The molecule has 0 radical (unpaired) electrons. The van der Waals surface area contributed by atoms with Gasteiger partial charge in [-0.1, -0.05) is 6.92 Å². The summed E-state index contributed by atoms with van der Waals surface area (Å²) in [5.74, 6) is 2.40. The van der Waals surface area contributed by atoms with E-state index in [-0.39, 0.29) is 0 Å². The Morgan fingerprint density at radius 1 is 1.67 bits per heavy atom. The van der Waals surface area contributed by atoms with Crippen molar-refractivity contribution in [1.82, 2.24) is 9.97 Å². The maximum absolute atomic E-state index is 5.89. The fourth-order valence-corrected chi connectivity index (χ4v) is 1.99. The van der Waals surface area contributed by atoms with Gasteiger partial charge in [-0.2, -0.15) is 0 Å². The molecule has 84 valence electrons. The van der Waals surface area contributed by atoms with Gasteiger partial charge in [-0.3, -0.25) is 0 Å². The molecule has 3 N–H and O–H groups in total. The first-order valence-corrected chi connectivity index (χ1v) is 5.38. The maximum atomic E-state index is 5.89. The van der Waals surface area contributed by atoms with Crippen LogP contribution in [0.15, 0.2) is 0 Å². The van der Waals surface area contributed by atoms with Gasteiger partial charge >= 0.3 is 0 Å². The van der Waals surface area contributed by atoms with Crippen molar-refractivity contribution in [3.8, 4) is 0 Å². The number of nitrogens with two attached hydrogens (primary N) is 1. The summed E-state index contributed by atoms with van der Waals surface area (Å²) in [4.78, 5) is 9.69. The van der Waals surface area contributed by atoms with E-state index in [2.05, 4.69) is 21.8 Å². The first kappa shape index (κ1) is 10.3. The van der Waals surface area contributed by atoms with Gasteiger partial charge in [0.25, 0.3) is 0 Å². The number of imidazole rings is 1. The van der Waals surface area contributed by atoms with E-state index in [1.807, 2.05) is 6.92 Å². The summed E-state index contributed by atoms with van der Waals surface area (Å²) in [6, 6.07) is 0.392. The molecule has 1 aromatic heterocycles. The number of aryl methyl sites for hydroxylation is 1. The number of morpholine rings is 1. The average molecular weight is 210 g/mol. The van der Waals surface area contributed by atoms with Crippen LogP contribution in [0.3, 0.4) is 0 Å². The van der Waals surface area contributed by atoms with Crippen molar-refractivity contribution >= 4 is 11.6 Å². The molecule has 1 aliphatic rings. The standard InChI is InChI=1S/C10H18N4O/c1-3-8-6-15-5-4-14(8)10-9(11)12-7(2)13-10/h8H,3-6,11H2,1-2H3,(H,12,13). The summed E-state index contributed by atoms with van der Waals surface area (Å²) in [6.45, 7) is 6.46. The van der Waals surface area contributed by atoms with Crippen molar-refractivity contribution < 1.29 is 4.74 Å². The van der Waals surface area contributed by atoms with Crippen molar-refractivity contribution in [2.24, 2.45) is 0 Å². The van der Waals surface area contributed by atoms with Crippen LogP contribution in [-0.4, -0.2) is 35.8 Å². The van der Waals surface area contributed by atoms with E-state index >= 15 is 0 Å². The fraction of sp³-hybridized carbons (Fsp3) is 0.700. The summed E-state index contributed by atoms with van der Waals surface area (Å²) < 4.78 is 5.45. The lowest BCUT2D eigenvalue weighted by molar-refractivity contribution is 0.0927. The molecule has 0 spiro atoms. The lowest BCUT2D eigenvalue weighted by Crippen LogP contribution is -2.45. The number of aromatic amines is 1. The zero-order valence-electron chi connectivity index (χ0n) is 9.29. The van der Waals surface area contributed by atoms with Crippen LogP contribution in [0.4, 0.5) is 11.6 Å². The van der Waals surface area contributed by atoms with Gasteiger partial charge in [0.2, 0.25) is 0 Å². The van der Waals surface area contributed by atoms with Crippen LogP contribution in [0.2, 0.25) is 0 Å². The second-order valence-electron chi connectivity index (χ2n) is 3.89. The predicted molar refractivity (Wildman–Crippen MR) is 60.0 cm³/mol. The molecular weight excluding hydrogens is 192 g/mol. The van der Waals surface area contributed by atoms with E-state index in [1.54, 1.807) is 0 Å². The minimum Gasteiger partial charge on any atom is -0.382 e. The summed E-state index contributed by atoms with van der Waals surface area (Å²) >= 11 is 0. The number of rotatable bonds is 2. The Kier molecular flexibility index (Phi) is 2.81. The Bertz CT molecular complexity index is 336. The van der Waals surface area contributed by atoms with Crippen LogP contribution < -0.4 is 10.6 Å². The largest absolute Gasteiger partial charge is 0.382 e. The third-order valence-electron chi connectivity index (χ3n) is 2.80. The molecule has 2 heterocycles. The Hall–Kier alpha value is -1.23. The van der Waals surface area contributed by atoms with Gasteiger partial charge in [-0.05, 0) is 13.3 Å². The van der Waals surface area contributed by atoms with Gasteiger partial charge < -0.3 is 20.4 Å². The molecule has 15 heavy (non-hydrogen) atoms. The number of H-pyrrole nitrogens is 1. The molecule has 1 unspecified atom stereocenters. The van der Waals surface area contributed by atoms with Crippen LogP contribution in [0, 0.1) is 6.92 Å². The molecule has 1 atom stereocenters. The summed E-state index contributed by atoms with van der Waals surface area (Å²) in [6.07, 6.45) is 1.05. The summed E-state index contributed by atoms with van der Waals surface area (Å²) in [7, 11) is 0. The van der Waals surface area contributed by atoms with E-state index in [1.165, 1.54) is 0 Å². The van der Waals surface area contributed by atoms with Crippen LogP contribution >= 0.6 is 0 Å². The highest BCUT2D eigenvalue weighted by Gasteiger charge is 2.25. The number of hydrogen-bond acceptors (Lipinski definition) is 4. The van der Waals surface area contributed by atoms with E-state index < -0.39 is 0 Å². The quantitative estimate of drug-likeness (QED) is 0.761. The van der Waals surface area contributed by atoms with Crippen molar-refractivity contribution in [2.45, 2.75) is 26.3 Å². The van der Waals surface area contributed by atoms with Gasteiger partial charge in [0, 0.05) is 6.54 Å². The zero-order valence-corrected chi connectivity index (χ0v) is 9.29. The van der Waals surface area contributed by atoms with Crippen molar-refractivity contribution in [1.29, 1.82) is 0 Å². The highest BCUT2D eigenvalue weighted by Crippen LogP contribution is 2.24. The molecule has 0 aromatic carbocycles. The van der Waals surface area contributed by atoms with E-state index in [0.29, 0.717) is 11.9 Å². The number of nitrogens with one attached hydrogen (secondary N) is 1. The molecule has 5 heteroatoms. The highest BCUT2D eigenvalue weighted by molar-refractivity contribution is 5.59. The van der Waals surface area contributed by atoms with Gasteiger partial charge in [0.1, 0.15) is 11.6 Å². The van der Waals surface area contributed by atoms with Crippen LogP contribution in [0.5, 0.6) is 0 Å². The van der Waals surface area contributed by atoms with Gasteiger partial charge in [0.05, 0.1) is 19.3 Å². The molecule has 0 aliphatic carbocycles. The highest BCUT2D eigenvalue weighted by atomic mass is 16.5. The lowest BCUT2D eigenvalue weighted by Gasteiger charge is -2.35. The van der Waals surface area contributed by atoms with Crippen LogP contribution in [0.1, 0.15) is 19.2 Å². The second kappa shape index (κ2) is 4.10. The summed E-state index contributed by atoms with van der Waals surface area (Å²) in [5, 5.41) is 0. The molecule has 1 aliphatic heterocycles. The van der Waals surface area contributed by atoms with Gasteiger partial charge in [0.15, 0.2) is 5.82 Å². The number of nitrogen functional groups attached to an aromatic ring is 1. The second-order valence-corrected chi connectivity index (χ2v) is 3.89. The monoisotopic (exact) mass is 210 g/mol. The predicted octanol–water partition coefficient (Wildman–Crippen LogP) is 0.916. The molecule has 1 saturated heterocycles. The number of ether oxygens (including phenoxy) is 1. The Morgan fingerprint density at radius 2 is 2.47 bits per heavy atom. The minimum absolute atomic E-state index is 0.392. The molecular formula is C10H18N4O. The number of aromatic nitrogens is 2. The van der Waals surface area contributed by atoms with E-state index in [0.717, 1.165) is 37.8 Å². The maximum Gasteiger partial charge on any atom is 0.171 e. The Balaban J connectivity index is 2.23. The molecule has 1 fully saturated rings. The minimum atomic E-state index is 0.392. The molecule has 5 nitrogen and oxygen atoms in total. The third-order valence-corrected chi connectivity index (χ3v) is 2.80. The first-order valence-electron chi connectivity index (χ1n) is 5.38. The van der Waals surface area contributed by atoms with Crippen LogP contribution in [0.25, 0.3) is 0 Å². The van der Waals surface area contributed by atoms with E-state index in [9.17, 15) is 0 Å². The normalized spacial score (nSPS) is 22.0. The number of nitrogens with zero attached hydrogens (tertiary/aromatic N) is 2. The molecule has 0 bridgehead atoms.